The Kier molecular flexibility index (Phi) is 5.92. The summed E-state index contributed by atoms with van der Waals surface area (Å²) < 4.78 is 0. The summed E-state index contributed by atoms with van der Waals surface area (Å²) in [4.78, 5) is 28.5. The maximum absolute atomic E-state index is 12.5. The molecule has 1 aliphatic rings. The highest BCUT2D eigenvalue weighted by atomic mass is 16.2. The molecule has 0 spiro atoms. The van der Waals surface area contributed by atoms with Gasteiger partial charge in [-0.1, -0.05) is 17.7 Å². The van der Waals surface area contributed by atoms with E-state index < -0.39 is 0 Å². The molecule has 7 heteroatoms. The van der Waals surface area contributed by atoms with Crippen molar-refractivity contribution >= 4 is 46.1 Å². The van der Waals surface area contributed by atoms with Gasteiger partial charge in [0.1, 0.15) is 0 Å². The Morgan fingerprint density at radius 2 is 1.91 bits per heavy atom. The number of aromatic nitrogens is 2. The molecule has 1 aliphatic heterocycles. The summed E-state index contributed by atoms with van der Waals surface area (Å²) in [6.07, 6.45) is 5.16. The molecule has 0 radical (unpaired) electrons. The van der Waals surface area contributed by atoms with Crippen LogP contribution in [0.1, 0.15) is 22.4 Å². The molecule has 2 N–H and O–H groups in total. The number of aryl methyl sites for hydroxylation is 1. The summed E-state index contributed by atoms with van der Waals surface area (Å²) >= 11 is 0. The molecule has 0 unspecified atom stereocenters. The van der Waals surface area contributed by atoms with Gasteiger partial charge in [-0.25, -0.2) is 0 Å². The summed E-state index contributed by atoms with van der Waals surface area (Å²) in [5, 5.41) is 11.2. The third-order valence-corrected chi connectivity index (χ3v) is 5.53. The lowest BCUT2D eigenvalue weighted by Gasteiger charge is -2.17. The molecule has 32 heavy (non-hydrogen) atoms. The Morgan fingerprint density at radius 1 is 1.09 bits per heavy atom. The summed E-state index contributed by atoms with van der Waals surface area (Å²) in [5.41, 5.74) is 5.95. The summed E-state index contributed by atoms with van der Waals surface area (Å²) in [5.74, 6) is -0.165. The highest BCUT2D eigenvalue weighted by Gasteiger charge is 2.24. The van der Waals surface area contributed by atoms with E-state index in [0.29, 0.717) is 17.8 Å². The Labute approximate surface area is 187 Å². The first-order valence-corrected chi connectivity index (χ1v) is 10.5. The number of rotatable bonds is 6. The molecule has 0 bridgehead atoms. The fourth-order valence-electron chi connectivity index (χ4n) is 3.62. The van der Waals surface area contributed by atoms with Crippen LogP contribution in [-0.4, -0.2) is 66.0 Å². The van der Waals surface area contributed by atoms with Crippen molar-refractivity contribution in [2.75, 3.05) is 39.5 Å². The lowest BCUT2D eigenvalue weighted by Crippen LogP contribution is -2.32. The topological polar surface area (TPSA) is 81.3 Å². The molecule has 0 fully saturated rings. The minimum atomic E-state index is -0.101. The normalized spacial score (nSPS) is 14.5. The van der Waals surface area contributed by atoms with Crippen molar-refractivity contribution in [3.63, 3.8) is 0 Å². The van der Waals surface area contributed by atoms with E-state index in [-0.39, 0.29) is 11.8 Å². The molecule has 3 aromatic rings. The van der Waals surface area contributed by atoms with Crippen molar-refractivity contribution < 1.29 is 9.59 Å². The van der Waals surface area contributed by atoms with Gasteiger partial charge in [0.2, 0.25) is 5.91 Å². The van der Waals surface area contributed by atoms with Gasteiger partial charge >= 0.3 is 0 Å². The lowest BCUT2D eigenvalue weighted by molar-refractivity contribution is -0.124. The van der Waals surface area contributed by atoms with Gasteiger partial charge in [-0.3, -0.25) is 14.7 Å². The molecule has 0 atom stereocenters. The molecule has 2 heterocycles. The Bertz CT molecular complexity index is 1250. The van der Waals surface area contributed by atoms with Crippen LogP contribution in [0.2, 0.25) is 0 Å². The second kappa shape index (κ2) is 8.80. The number of benzene rings is 2. The number of fused-ring (bicyclic) bond motifs is 2. The average Bonchev–Trinajstić information content (AvgIpc) is 3.30. The predicted molar refractivity (Wildman–Crippen MR) is 129 cm³/mol. The highest BCUT2D eigenvalue weighted by Crippen LogP contribution is 2.34. The first-order valence-electron chi connectivity index (χ1n) is 10.5. The van der Waals surface area contributed by atoms with Crippen molar-refractivity contribution in [1.29, 1.82) is 0 Å². The first kappa shape index (κ1) is 21.5. The molecular formula is C25H27N5O2. The van der Waals surface area contributed by atoms with E-state index >= 15 is 0 Å². The zero-order valence-electron chi connectivity index (χ0n) is 18.8. The molecule has 4 rings (SSSR count). The number of likely N-dealkylation sites (N-methyl/N-ethyl adjacent to an activating group) is 2. The van der Waals surface area contributed by atoms with Crippen LogP contribution in [0.3, 0.4) is 0 Å². The van der Waals surface area contributed by atoms with E-state index in [4.69, 9.17) is 0 Å². The zero-order valence-corrected chi connectivity index (χ0v) is 18.8. The number of nitrogens with one attached hydrogen (secondary N) is 2. The molecular weight excluding hydrogens is 402 g/mol. The van der Waals surface area contributed by atoms with E-state index in [1.54, 1.807) is 24.1 Å². The van der Waals surface area contributed by atoms with E-state index in [2.05, 4.69) is 15.5 Å². The second-order valence-electron chi connectivity index (χ2n) is 8.37. The number of aromatic amines is 1. The van der Waals surface area contributed by atoms with Gasteiger partial charge in [0.25, 0.3) is 5.91 Å². The number of anilines is 1. The van der Waals surface area contributed by atoms with Crippen molar-refractivity contribution in [1.82, 2.24) is 20.0 Å². The van der Waals surface area contributed by atoms with E-state index in [1.165, 1.54) is 0 Å². The maximum Gasteiger partial charge on any atom is 0.256 e. The molecule has 7 nitrogen and oxygen atoms in total. The highest BCUT2D eigenvalue weighted by molar-refractivity contribution is 6.35. The smallest absolute Gasteiger partial charge is 0.256 e. The second-order valence-corrected chi connectivity index (χ2v) is 8.37. The average molecular weight is 430 g/mol. The summed E-state index contributed by atoms with van der Waals surface area (Å²) in [6, 6.07) is 11.8. The predicted octanol–water partition coefficient (Wildman–Crippen LogP) is 3.40. The molecule has 0 aliphatic carbocycles. The number of hydrogen-bond acceptors (Lipinski definition) is 4. The zero-order chi connectivity index (χ0) is 22.8. The van der Waals surface area contributed by atoms with Crippen molar-refractivity contribution in [3.05, 3.63) is 64.9 Å². The third-order valence-electron chi connectivity index (χ3n) is 5.53. The number of carbonyl (C=O) groups is 2. The fraction of sp³-hybridized carbons (Fsp3) is 0.240. The Hall–Kier alpha value is -3.71. The van der Waals surface area contributed by atoms with Crippen molar-refractivity contribution in [3.8, 4) is 0 Å². The van der Waals surface area contributed by atoms with Gasteiger partial charge in [-0.15, -0.1) is 0 Å². The molecule has 1 aromatic heterocycles. The summed E-state index contributed by atoms with van der Waals surface area (Å²) in [7, 11) is 5.75. The van der Waals surface area contributed by atoms with Gasteiger partial charge in [-0.2, -0.15) is 5.10 Å². The molecule has 0 saturated carbocycles. The minimum absolute atomic E-state index is 0.0643. The van der Waals surface area contributed by atoms with Crippen LogP contribution in [0, 0.1) is 6.92 Å². The molecule has 2 amide bonds. The van der Waals surface area contributed by atoms with Gasteiger partial charge in [-0.05, 0) is 63.0 Å². The van der Waals surface area contributed by atoms with E-state index in [0.717, 1.165) is 39.8 Å². The van der Waals surface area contributed by atoms with E-state index in [1.807, 2.05) is 68.4 Å². The summed E-state index contributed by atoms with van der Waals surface area (Å²) in [6.45, 7) is 3.48. The molecule has 164 valence electrons. The number of H-pyrrole nitrogens is 1. The Balaban J connectivity index is 1.55. The van der Waals surface area contributed by atoms with E-state index in [9.17, 15) is 9.59 Å². The van der Waals surface area contributed by atoms with Gasteiger partial charge in [0, 0.05) is 48.4 Å². The van der Waals surface area contributed by atoms with Gasteiger partial charge in [0.05, 0.1) is 11.2 Å². The Morgan fingerprint density at radius 3 is 2.69 bits per heavy atom. The quantitative estimate of drug-likeness (QED) is 0.589. The van der Waals surface area contributed by atoms with Crippen LogP contribution >= 0.6 is 0 Å². The van der Waals surface area contributed by atoms with Crippen LogP contribution in [0.5, 0.6) is 0 Å². The lowest BCUT2D eigenvalue weighted by atomic mass is 10.0. The number of amides is 2. The van der Waals surface area contributed by atoms with Gasteiger partial charge < -0.3 is 15.1 Å². The van der Waals surface area contributed by atoms with Crippen LogP contribution < -0.4 is 5.32 Å². The fourth-order valence-corrected chi connectivity index (χ4v) is 3.62. The number of hydrogen-bond donors (Lipinski definition) is 2. The number of nitrogens with zero attached hydrogens (tertiary/aromatic N) is 3. The third kappa shape index (κ3) is 4.48. The van der Waals surface area contributed by atoms with Crippen LogP contribution in [-0.2, 0) is 9.59 Å². The van der Waals surface area contributed by atoms with Crippen LogP contribution in [0.25, 0.3) is 28.6 Å². The molecule has 2 aromatic carbocycles. The van der Waals surface area contributed by atoms with Crippen molar-refractivity contribution in [2.45, 2.75) is 6.92 Å². The van der Waals surface area contributed by atoms with Crippen LogP contribution in [0.15, 0.2) is 42.5 Å². The largest absolute Gasteiger partial charge is 0.341 e. The van der Waals surface area contributed by atoms with Gasteiger partial charge in [0.15, 0.2) is 0 Å². The van der Waals surface area contributed by atoms with Crippen LogP contribution in [0.4, 0.5) is 5.69 Å². The first-order chi connectivity index (χ1) is 15.3. The monoisotopic (exact) mass is 429 g/mol. The minimum Gasteiger partial charge on any atom is -0.341 e. The standard InChI is InChI=1S/C25H27N5O2/c1-16-5-8-21-19(13-16)20(25(32)26-21)14-17-6-7-18-22(27-28-23(18)15-17)9-10-24(31)30(4)12-11-29(2)3/h5-10,13-15H,11-12H2,1-4H3,(H,26,32)(H,27,28)/b10-9+,20-14?. The maximum atomic E-state index is 12.5. The molecule has 0 saturated heterocycles. The SMILES string of the molecule is Cc1ccc2c(c1)C(=Cc1ccc3c(/C=C/C(=O)N(C)CCN(C)C)n[nH]c3c1)C(=O)N2. The van der Waals surface area contributed by atoms with Crippen molar-refractivity contribution in [2.24, 2.45) is 0 Å². The number of carbonyl (C=O) groups excluding carboxylic acids is 2.